The average molecular weight is 490 g/mol. The zero-order valence-corrected chi connectivity index (χ0v) is 19.8. The molecule has 36 heavy (non-hydrogen) atoms. The number of rotatable bonds is 4. The van der Waals surface area contributed by atoms with Gasteiger partial charge in [0.05, 0.1) is 11.9 Å². The number of carbonyl (C=O) groups excluding carboxylic acids is 2. The summed E-state index contributed by atoms with van der Waals surface area (Å²) in [6.07, 6.45) is 2.59. The van der Waals surface area contributed by atoms with E-state index in [1.54, 1.807) is 39.1 Å². The van der Waals surface area contributed by atoms with E-state index in [0.29, 0.717) is 17.0 Å². The van der Waals surface area contributed by atoms with Gasteiger partial charge in [-0.25, -0.2) is 4.98 Å². The second-order valence-corrected chi connectivity index (χ2v) is 8.52. The van der Waals surface area contributed by atoms with E-state index in [2.05, 4.69) is 27.1 Å². The van der Waals surface area contributed by atoms with Gasteiger partial charge in [-0.2, -0.15) is 4.39 Å². The summed E-state index contributed by atoms with van der Waals surface area (Å²) >= 11 is 0. The van der Waals surface area contributed by atoms with Gasteiger partial charge in [-0.15, -0.1) is 0 Å². The van der Waals surface area contributed by atoms with Crippen LogP contribution in [0.1, 0.15) is 29.9 Å². The molecule has 4 rings (SSSR count). The Morgan fingerprint density at radius 2 is 2.03 bits per heavy atom. The van der Waals surface area contributed by atoms with Crippen molar-refractivity contribution in [2.75, 3.05) is 18.6 Å². The summed E-state index contributed by atoms with van der Waals surface area (Å²) in [7, 11) is 1.58. The highest BCUT2D eigenvalue weighted by Gasteiger charge is 2.31. The summed E-state index contributed by atoms with van der Waals surface area (Å²) in [5.41, 5.74) is -0.0594. The molecule has 2 N–H and O–H groups in total. The minimum atomic E-state index is -1.16. The van der Waals surface area contributed by atoms with Gasteiger partial charge in [0.15, 0.2) is 0 Å². The first-order valence-electron chi connectivity index (χ1n) is 11.0. The third-order valence-corrected chi connectivity index (χ3v) is 5.07. The van der Waals surface area contributed by atoms with Crippen molar-refractivity contribution in [3.63, 3.8) is 0 Å². The zero-order valence-electron chi connectivity index (χ0n) is 19.8. The van der Waals surface area contributed by atoms with Gasteiger partial charge < -0.3 is 24.8 Å². The zero-order chi connectivity index (χ0) is 25.9. The Kier molecular flexibility index (Phi) is 6.85. The van der Waals surface area contributed by atoms with Crippen LogP contribution in [-0.4, -0.2) is 52.2 Å². The summed E-state index contributed by atoms with van der Waals surface area (Å²) in [4.78, 5) is 34.9. The molecule has 1 aliphatic heterocycles. The molecule has 0 fully saturated rings. The van der Waals surface area contributed by atoms with Crippen molar-refractivity contribution < 1.29 is 28.6 Å². The Morgan fingerprint density at radius 1 is 1.22 bits per heavy atom. The van der Waals surface area contributed by atoms with Crippen LogP contribution in [0.2, 0.25) is 0 Å². The van der Waals surface area contributed by atoms with Crippen molar-refractivity contribution in [3.8, 4) is 29.1 Å². The minimum absolute atomic E-state index is 0.0176. The van der Waals surface area contributed by atoms with E-state index in [0.717, 1.165) is 6.07 Å². The molecule has 2 aromatic heterocycles. The Balaban J connectivity index is 1.48. The van der Waals surface area contributed by atoms with Crippen molar-refractivity contribution in [1.82, 2.24) is 15.3 Å². The van der Waals surface area contributed by atoms with E-state index in [1.165, 1.54) is 35.5 Å². The third kappa shape index (κ3) is 5.95. The lowest BCUT2D eigenvalue weighted by molar-refractivity contribution is -0.120. The highest BCUT2D eigenvalue weighted by Crippen LogP contribution is 2.31. The van der Waals surface area contributed by atoms with Crippen LogP contribution in [0.15, 0.2) is 54.9 Å². The first kappa shape index (κ1) is 24.6. The number of pyridine rings is 2. The number of benzene rings is 1. The number of nitrogens with one attached hydrogen (secondary N) is 1. The Bertz CT molecular complexity index is 1360. The second kappa shape index (κ2) is 10.0. The molecule has 0 radical (unpaired) electrons. The molecule has 1 aromatic carbocycles. The number of ether oxygens (including phenoxy) is 2. The quantitative estimate of drug-likeness (QED) is 0.427. The number of anilines is 1. The average Bonchev–Trinajstić information content (AvgIpc) is 2.96. The van der Waals surface area contributed by atoms with Crippen LogP contribution in [0.3, 0.4) is 0 Å². The van der Waals surface area contributed by atoms with Crippen LogP contribution in [0.4, 0.5) is 10.1 Å². The molecule has 9 nitrogen and oxygen atoms in total. The summed E-state index contributed by atoms with van der Waals surface area (Å²) in [5, 5.41) is 12.5. The lowest BCUT2D eigenvalue weighted by Crippen LogP contribution is -2.49. The fraction of sp³-hybridized carbons (Fsp3) is 0.231. The van der Waals surface area contributed by atoms with E-state index in [1.807, 2.05) is 0 Å². The predicted molar refractivity (Wildman–Crippen MR) is 128 cm³/mol. The number of halogens is 1. The van der Waals surface area contributed by atoms with E-state index in [4.69, 9.17) is 9.47 Å². The number of carbonyl (C=O) groups is 2. The van der Waals surface area contributed by atoms with Gasteiger partial charge in [0.1, 0.15) is 41.2 Å². The van der Waals surface area contributed by atoms with E-state index in [-0.39, 0.29) is 29.7 Å². The van der Waals surface area contributed by atoms with Gasteiger partial charge >= 0.3 is 0 Å². The number of likely N-dealkylation sites (N-methyl/N-ethyl adjacent to an activating group) is 1. The van der Waals surface area contributed by atoms with E-state index >= 15 is 0 Å². The standard InChI is InChI=1S/C26H23FN4O5/c1-26(2,34)10-8-16-4-6-22-21(12-16)31(3)25(33)20(15-35-22)30-24(32)19-13-17(9-11-28-19)36-18-5-7-23(27)29-14-18/h4-7,9,11-14,20,34H,15H2,1-3H3,(H,30,32)/t20-/m0/s1. The van der Waals surface area contributed by atoms with Crippen LogP contribution in [0.25, 0.3) is 0 Å². The van der Waals surface area contributed by atoms with Gasteiger partial charge in [-0.3, -0.25) is 14.6 Å². The van der Waals surface area contributed by atoms with Crippen LogP contribution < -0.4 is 19.7 Å². The van der Waals surface area contributed by atoms with Gasteiger partial charge in [0.25, 0.3) is 11.8 Å². The molecular formula is C26H23FN4O5. The molecule has 10 heteroatoms. The van der Waals surface area contributed by atoms with Crippen molar-refractivity contribution in [3.05, 3.63) is 72.1 Å². The molecule has 1 aliphatic rings. The maximum absolute atomic E-state index is 13.1. The Morgan fingerprint density at radius 3 is 2.75 bits per heavy atom. The fourth-order valence-corrected chi connectivity index (χ4v) is 3.29. The molecule has 0 aliphatic carbocycles. The van der Waals surface area contributed by atoms with Crippen LogP contribution in [0, 0.1) is 17.8 Å². The lowest BCUT2D eigenvalue weighted by Gasteiger charge is -2.20. The van der Waals surface area contributed by atoms with Crippen molar-refractivity contribution in [2.24, 2.45) is 0 Å². The van der Waals surface area contributed by atoms with Gasteiger partial charge in [0, 0.05) is 24.9 Å². The molecule has 2 amide bonds. The second-order valence-electron chi connectivity index (χ2n) is 8.52. The SMILES string of the molecule is CN1C(=O)[C@@H](NC(=O)c2cc(Oc3ccc(F)nc3)ccn2)COc2ccc(C#CC(C)(C)O)cc21. The summed E-state index contributed by atoms with van der Waals surface area (Å²) in [6, 6.07) is 9.59. The molecule has 0 spiro atoms. The molecule has 0 saturated carbocycles. The normalized spacial score (nSPS) is 15.1. The van der Waals surface area contributed by atoms with Gasteiger partial charge in [-0.05, 0) is 50.2 Å². The summed E-state index contributed by atoms with van der Waals surface area (Å²) < 4.78 is 24.4. The lowest BCUT2D eigenvalue weighted by atomic mass is 10.1. The fourth-order valence-electron chi connectivity index (χ4n) is 3.29. The van der Waals surface area contributed by atoms with Crippen molar-refractivity contribution >= 4 is 17.5 Å². The molecule has 3 heterocycles. The first-order valence-corrected chi connectivity index (χ1v) is 11.0. The number of fused-ring (bicyclic) bond motifs is 1. The molecular weight excluding hydrogens is 467 g/mol. The Labute approximate surface area is 206 Å². The smallest absolute Gasteiger partial charge is 0.270 e. The number of aliphatic hydroxyl groups is 1. The highest BCUT2D eigenvalue weighted by atomic mass is 19.1. The van der Waals surface area contributed by atoms with Crippen LogP contribution in [-0.2, 0) is 4.79 Å². The maximum atomic E-state index is 13.1. The largest absolute Gasteiger partial charge is 0.489 e. The van der Waals surface area contributed by atoms with Crippen molar-refractivity contribution in [2.45, 2.75) is 25.5 Å². The topological polar surface area (TPSA) is 114 Å². The monoisotopic (exact) mass is 490 g/mol. The molecule has 184 valence electrons. The highest BCUT2D eigenvalue weighted by molar-refractivity contribution is 6.03. The molecule has 3 aromatic rings. The van der Waals surface area contributed by atoms with Gasteiger partial charge in [0.2, 0.25) is 5.95 Å². The number of aromatic nitrogens is 2. The number of nitrogens with zero attached hydrogens (tertiary/aromatic N) is 3. The molecule has 0 unspecified atom stereocenters. The van der Waals surface area contributed by atoms with Crippen molar-refractivity contribution in [1.29, 1.82) is 0 Å². The van der Waals surface area contributed by atoms with Crippen LogP contribution >= 0.6 is 0 Å². The van der Waals surface area contributed by atoms with E-state index in [9.17, 15) is 19.1 Å². The van der Waals surface area contributed by atoms with Crippen LogP contribution in [0.5, 0.6) is 17.2 Å². The summed E-state index contributed by atoms with van der Waals surface area (Å²) in [5.74, 6) is 5.00. The predicted octanol–water partition coefficient (Wildman–Crippen LogP) is 2.68. The van der Waals surface area contributed by atoms with E-state index < -0.39 is 23.5 Å². The molecule has 0 bridgehead atoms. The molecule has 0 saturated heterocycles. The first-order chi connectivity index (χ1) is 17.1. The number of hydrogen-bond donors (Lipinski definition) is 2. The number of amides is 2. The Hall–Kier alpha value is -4.49. The third-order valence-electron chi connectivity index (χ3n) is 5.07. The van der Waals surface area contributed by atoms with Gasteiger partial charge in [-0.1, -0.05) is 11.8 Å². The number of hydrogen-bond acceptors (Lipinski definition) is 7. The molecule has 1 atom stereocenters. The minimum Gasteiger partial charge on any atom is -0.489 e. The maximum Gasteiger partial charge on any atom is 0.270 e. The summed E-state index contributed by atoms with van der Waals surface area (Å²) in [6.45, 7) is 3.06.